The second-order valence-corrected chi connectivity index (χ2v) is 6.94. The Morgan fingerprint density at radius 2 is 2.05 bits per heavy atom. The van der Waals surface area contributed by atoms with Gasteiger partial charge in [-0.05, 0) is 44.2 Å². The molecule has 1 aromatic rings. The van der Waals surface area contributed by atoms with Crippen molar-refractivity contribution in [3.05, 3.63) is 23.4 Å². The third-order valence-electron chi connectivity index (χ3n) is 4.26. The average Bonchev–Trinajstić information content (AvgIpc) is 2.92. The number of nitrogens with zero attached hydrogens (tertiary/aromatic N) is 2. The van der Waals surface area contributed by atoms with Gasteiger partial charge in [-0.25, -0.2) is 4.98 Å². The number of anilines is 1. The van der Waals surface area contributed by atoms with Gasteiger partial charge in [0.15, 0.2) is 0 Å². The molecule has 21 heavy (non-hydrogen) atoms. The smallest absolute Gasteiger partial charge is 0.139 e. The molecular weight excluding hydrogens is 278 g/mol. The van der Waals surface area contributed by atoms with E-state index in [-0.39, 0.29) is 0 Å². The summed E-state index contributed by atoms with van der Waals surface area (Å²) in [6.07, 6.45) is 6.31. The summed E-state index contributed by atoms with van der Waals surface area (Å²) < 4.78 is 0. The number of pyridine rings is 1. The van der Waals surface area contributed by atoms with Gasteiger partial charge in [-0.2, -0.15) is 0 Å². The van der Waals surface area contributed by atoms with Gasteiger partial charge in [0, 0.05) is 18.3 Å². The quantitative estimate of drug-likeness (QED) is 0.811. The molecule has 0 aromatic carbocycles. The molecule has 0 saturated heterocycles. The number of hydrogen-bond donors (Lipinski definition) is 1. The second kappa shape index (κ2) is 7.21. The minimum atomic E-state index is 0.449. The first-order valence-corrected chi connectivity index (χ1v) is 8.44. The lowest BCUT2D eigenvalue weighted by molar-refractivity contribution is 0.524. The third-order valence-corrected chi connectivity index (χ3v) is 4.48. The van der Waals surface area contributed by atoms with Crippen LogP contribution >= 0.6 is 12.2 Å². The minimum absolute atomic E-state index is 0.449. The van der Waals surface area contributed by atoms with Gasteiger partial charge in [0.2, 0.25) is 0 Å². The number of hydrogen-bond acceptors (Lipinski definition) is 3. The molecule has 0 aliphatic heterocycles. The molecule has 0 spiro atoms. The molecule has 1 aromatic heterocycles. The molecule has 116 valence electrons. The van der Waals surface area contributed by atoms with E-state index in [1.165, 1.54) is 32.1 Å². The molecule has 0 bridgehead atoms. The Kier molecular flexibility index (Phi) is 5.57. The van der Waals surface area contributed by atoms with Crippen molar-refractivity contribution in [1.29, 1.82) is 0 Å². The molecule has 1 aliphatic carbocycles. The molecule has 0 amide bonds. The summed E-state index contributed by atoms with van der Waals surface area (Å²) in [5.74, 6) is 1.68. The van der Waals surface area contributed by atoms with E-state index in [1.54, 1.807) is 0 Å². The number of aryl methyl sites for hydroxylation is 1. The van der Waals surface area contributed by atoms with E-state index in [9.17, 15) is 0 Å². The van der Waals surface area contributed by atoms with Crippen LogP contribution < -0.4 is 10.6 Å². The predicted molar refractivity (Wildman–Crippen MR) is 93.9 cm³/mol. The molecule has 0 atom stereocenters. The van der Waals surface area contributed by atoms with Crippen molar-refractivity contribution in [2.45, 2.75) is 58.9 Å². The zero-order valence-corrected chi connectivity index (χ0v) is 14.2. The summed E-state index contributed by atoms with van der Waals surface area (Å²) in [5.41, 5.74) is 7.87. The van der Waals surface area contributed by atoms with Crippen LogP contribution in [0, 0.1) is 12.8 Å². The Balaban J connectivity index is 2.34. The molecule has 3 nitrogen and oxygen atoms in total. The molecule has 1 saturated carbocycles. The largest absolute Gasteiger partial charge is 0.389 e. The lowest BCUT2D eigenvalue weighted by Crippen LogP contribution is -2.37. The Hall–Kier alpha value is -1.16. The monoisotopic (exact) mass is 305 g/mol. The zero-order valence-electron chi connectivity index (χ0n) is 13.4. The van der Waals surface area contributed by atoms with E-state index >= 15 is 0 Å². The molecule has 2 rings (SSSR count). The number of aromatic nitrogens is 1. The highest BCUT2D eigenvalue weighted by molar-refractivity contribution is 7.80. The molecule has 1 fully saturated rings. The minimum Gasteiger partial charge on any atom is -0.389 e. The Labute approximate surface area is 133 Å². The summed E-state index contributed by atoms with van der Waals surface area (Å²) in [4.78, 5) is 7.69. The fourth-order valence-electron chi connectivity index (χ4n) is 3.03. The number of nitrogens with two attached hydrogens (primary N) is 1. The topological polar surface area (TPSA) is 42.1 Å². The standard InChI is InChI=1S/C17H27N3S/c1-12(2)10-11-20(14-6-4-5-7-14)17-15(16(18)21)9-8-13(3)19-17/h8-9,12,14H,4-7,10-11H2,1-3H3,(H2,18,21). The maximum Gasteiger partial charge on any atom is 0.139 e. The molecule has 2 N–H and O–H groups in total. The van der Waals surface area contributed by atoms with E-state index in [0.717, 1.165) is 23.6 Å². The van der Waals surface area contributed by atoms with E-state index < -0.39 is 0 Å². The lowest BCUT2D eigenvalue weighted by Gasteiger charge is -2.32. The highest BCUT2D eigenvalue weighted by Gasteiger charge is 2.26. The van der Waals surface area contributed by atoms with E-state index in [2.05, 4.69) is 18.7 Å². The first-order chi connectivity index (χ1) is 9.99. The molecule has 4 heteroatoms. The van der Waals surface area contributed by atoms with Crippen molar-refractivity contribution in [2.75, 3.05) is 11.4 Å². The first-order valence-electron chi connectivity index (χ1n) is 8.03. The average molecular weight is 305 g/mol. The van der Waals surface area contributed by atoms with Crippen LogP contribution in [0.5, 0.6) is 0 Å². The summed E-state index contributed by atoms with van der Waals surface area (Å²) in [7, 11) is 0. The van der Waals surface area contributed by atoms with Gasteiger partial charge in [0.1, 0.15) is 10.8 Å². The van der Waals surface area contributed by atoms with Gasteiger partial charge in [-0.1, -0.05) is 38.9 Å². The summed E-state index contributed by atoms with van der Waals surface area (Å²) in [5, 5.41) is 0. The summed E-state index contributed by atoms with van der Waals surface area (Å²) in [6.45, 7) is 7.60. The van der Waals surface area contributed by atoms with Crippen LogP contribution in [0.2, 0.25) is 0 Å². The highest BCUT2D eigenvalue weighted by Crippen LogP contribution is 2.30. The van der Waals surface area contributed by atoms with Gasteiger partial charge in [-0.3, -0.25) is 0 Å². The lowest BCUT2D eigenvalue weighted by atomic mass is 10.1. The number of thiocarbonyl (C=S) groups is 1. The van der Waals surface area contributed by atoms with Crippen molar-refractivity contribution in [2.24, 2.45) is 11.7 Å². The molecule has 1 heterocycles. The van der Waals surface area contributed by atoms with Gasteiger partial charge >= 0.3 is 0 Å². The van der Waals surface area contributed by atoms with Gasteiger partial charge in [0.25, 0.3) is 0 Å². The van der Waals surface area contributed by atoms with Crippen molar-refractivity contribution in [3.63, 3.8) is 0 Å². The first kappa shape index (κ1) is 16.2. The Bertz CT molecular complexity index is 493. The fourth-order valence-corrected chi connectivity index (χ4v) is 3.19. The SMILES string of the molecule is Cc1ccc(C(N)=S)c(N(CCC(C)C)C2CCCC2)n1. The summed E-state index contributed by atoms with van der Waals surface area (Å²) in [6, 6.07) is 4.61. The second-order valence-electron chi connectivity index (χ2n) is 6.50. The maximum atomic E-state index is 5.92. The van der Waals surface area contributed by atoms with E-state index in [4.69, 9.17) is 22.9 Å². The Morgan fingerprint density at radius 1 is 1.38 bits per heavy atom. The third kappa shape index (κ3) is 4.16. The van der Waals surface area contributed by atoms with Gasteiger partial charge < -0.3 is 10.6 Å². The summed E-state index contributed by atoms with van der Waals surface area (Å²) >= 11 is 5.23. The van der Waals surface area contributed by atoms with Crippen LogP contribution in [0.15, 0.2) is 12.1 Å². The van der Waals surface area contributed by atoms with Crippen LogP contribution in [0.3, 0.4) is 0 Å². The van der Waals surface area contributed by atoms with Gasteiger partial charge in [0.05, 0.1) is 5.56 Å². The molecule has 1 aliphatic rings. The van der Waals surface area contributed by atoms with Crippen molar-refractivity contribution < 1.29 is 0 Å². The Morgan fingerprint density at radius 3 is 2.62 bits per heavy atom. The van der Waals surface area contributed by atoms with Crippen LogP contribution in [-0.2, 0) is 0 Å². The van der Waals surface area contributed by atoms with Crippen molar-refractivity contribution in [3.8, 4) is 0 Å². The van der Waals surface area contributed by atoms with Crippen LogP contribution in [0.1, 0.15) is 57.2 Å². The molecular formula is C17H27N3S. The van der Waals surface area contributed by atoms with E-state index in [1.807, 2.05) is 19.1 Å². The molecule has 0 radical (unpaired) electrons. The fraction of sp³-hybridized carbons (Fsp3) is 0.647. The number of rotatable bonds is 6. The maximum absolute atomic E-state index is 5.92. The van der Waals surface area contributed by atoms with Crippen molar-refractivity contribution in [1.82, 2.24) is 4.98 Å². The predicted octanol–water partition coefficient (Wildman–Crippen LogP) is 3.82. The van der Waals surface area contributed by atoms with Gasteiger partial charge in [-0.15, -0.1) is 0 Å². The van der Waals surface area contributed by atoms with Crippen molar-refractivity contribution >= 4 is 23.0 Å². The normalized spacial score (nSPS) is 15.6. The molecule has 0 unspecified atom stereocenters. The van der Waals surface area contributed by atoms with E-state index in [0.29, 0.717) is 16.9 Å². The van der Waals surface area contributed by atoms with Crippen LogP contribution in [0.4, 0.5) is 5.82 Å². The zero-order chi connectivity index (χ0) is 15.4. The van der Waals surface area contributed by atoms with Crippen LogP contribution in [-0.4, -0.2) is 22.6 Å². The highest BCUT2D eigenvalue weighted by atomic mass is 32.1. The van der Waals surface area contributed by atoms with Crippen LogP contribution in [0.25, 0.3) is 0 Å².